The van der Waals surface area contributed by atoms with Gasteiger partial charge in [0.15, 0.2) is 0 Å². The fourth-order valence-corrected chi connectivity index (χ4v) is 4.26. The largest absolute Gasteiger partial charge is 0.437 e. The summed E-state index contributed by atoms with van der Waals surface area (Å²) in [5, 5.41) is 11.8. The van der Waals surface area contributed by atoms with Gasteiger partial charge in [0.2, 0.25) is 5.88 Å². The van der Waals surface area contributed by atoms with Crippen molar-refractivity contribution in [3.8, 4) is 34.0 Å². The second-order valence-electron chi connectivity index (χ2n) is 8.54. The van der Waals surface area contributed by atoms with E-state index in [2.05, 4.69) is 15.2 Å². The molecular weight excluding hydrogens is 475 g/mol. The lowest BCUT2D eigenvalue weighted by Gasteiger charge is -2.13. The predicted octanol–water partition coefficient (Wildman–Crippen LogP) is 8.32. The van der Waals surface area contributed by atoms with Crippen molar-refractivity contribution in [3.63, 3.8) is 0 Å². The molecule has 2 aromatic heterocycles. The number of ether oxygens (including phenoxy) is 1. The fraction of sp³-hybridized carbons (Fsp3) is 0.0333. The number of alkyl halides is 3. The quantitative estimate of drug-likeness (QED) is 0.248. The summed E-state index contributed by atoms with van der Waals surface area (Å²) >= 11 is 0. The Hall–Kier alpha value is -4.78. The molecule has 4 nitrogen and oxygen atoms in total. The van der Waals surface area contributed by atoms with E-state index in [0.717, 1.165) is 39.4 Å². The molecule has 0 N–H and O–H groups in total. The molecule has 0 aliphatic heterocycles. The average Bonchev–Trinajstić information content (AvgIpc) is 2.92. The Labute approximate surface area is 210 Å². The highest BCUT2D eigenvalue weighted by atomic mass is 19.4. The minimum atomic E-state index is -4.42. The van der Waals surface area contributed by atoms with Crippen LogP contribution in [0.2, 0.25) is 0 Å². The van der Waals surface area contributed by atoms with Gasteiger partial charge in [0.25, 0.3) is 0 Å². The van der Waals surface area contributed by atoms with Gasteiger partial charge in [0, 0.05) is 34.8 Å². The number of aromatic nitrogens is 3. The molecule has 7 heteroatoms. The van der Waals surface area contributed by atoms with Gasteiger partial charge in [-0.15, -0.1) is 10.2 Å². The van der Waals surface area contributed by atoms with Gasteiger partial charge in [0.05, 0.1) is 11.1 Å². The van der Waals surface area contributed by atoms with Gasteiger partial charge in [-0.2, -0.15) is 13.2 Å². The van der Waals surface area contributed by atoms with Crippen LogP contribution in [-0.2, 0) is 6.18 Å². The van der Waals surface area contributed by atoms with Gasteiger partial charge in [-0.1, -0.05) is 54.6 Å². The number of benzene rings is 4. The Bertz CT molecular complexity index is 1750. The lowest BCUT2D eigenvalue weighted by Crippen LogP contribution is -2.04. The van der Waals surface area contributed by atoms with Crippen LogP contribution >= 0.6 is 0 Å². The van der Waals surface area contributed by atoms with Crippen LogP contribution < -0.4 is 4.74 Å². The van der Waals surface area contributed by atoms with E-state index in [9.17, 15) is 13.2 Å². The Kier molecular flexibility index (Phi) is 5.53. The molecule has 0 radical (unpaired) electrons. The summed E-state index contributed by atoms with van der Waals surface area (Å²) in [6.45, 7) is 0. The van der Waals surface area contributed by atoms with E-state index in [0.29, 0.717) is 22.6 Å². The highest BCUT2D eigenvalue weighted by Gasteiger charge is 2.30. The second-order valence-corrected chi connectivity index (χ2v) is 8.54. The van der Waals surface area contributed by atoms with Crippen molar-refractivity contribution in [1.82, 2.24) is 15.2 Å². The second kappa shape index (κ2) is 9.02. The monoisotopic (exact) mass is 493 g/mol. The Morgan fingerprint density at radius 3 is 2.16 bits per heavy atom. The van der Waals surface area contributed by atoms with E-state index in [4.69, 9.17) is 4.74 Å². The van der Waals surface area contributed by atoms with Crippen molar-refractivity contribution in [2.24, 2.45) is 0 Å². The first-order valence-corrected chi connectivity index (χ1v) is 11.5. The standard InChI is InChI=1S/C30H18F3N3O/c31-30(32,33)24-12-9-20(10-13-24)26-18-28(37-25-14-11-21-6-3-15-34-27(21)17-25)35-36-29(26)23-8-7-19-4-1-2-5-22(19)16-23/h1-18H. The first-order chi connectivity index (χ1) is 17.9. The maximum atomic E-state index is 13.2. The SMILES string of the molecule is FC(F)(F)c1ccc(-c2cc(Oc3ccc4cccnc4c3)nnc2-c2ccc3ccccc3c2)cc1. The molecule has 2 heterocycles. The van der Waals surface area contributed by atoms with E-state index < -0.39 is 11.7 Å². The van der Waals surface area contributed by atoms with Gasteiger partial charge in [-0.25, -0.2) is 0 Å². The van der Waals surface area contributed by atoms with Crippen LogP contribution in [0.1, 0.15) is 5.56 Å². The number of hydrogen-bond donors (Lipinski definition) is 0. The molecule has 37 heavy (non-hydrogen) atoms. The van der Waals surface area contributed by atoms with Crippen LogP contribution in [0, 0.1) is 0 Å². The summed E-state index contributed by atoms with van der Waals surface area (Å²) in [5.74, 6) is 0.743. The third-order valence-electron chi connectivity index (χ3n) is 6.12. The van der Waals surface area contributed by atoms with Gasteiger partial charge < -0.3 is 4.74 Å². The molecule has 0 fully saturated rings. The number of halogens is 3. The maximum Gasteiger partial charge on any atom is 0.416 e. The minimum absolute atomic E-state index is 0.217. The Balaban J connectivity index is 1.45. The Morgan fingerprint density at radius 2 is 1.35 bits per heavy atom. The van der Waals surface area contributed by atoms with E-state index in [1.807, 2.05) is 60.7 Å². The molecule has 0 saturated carbocycles. The van der Waals surface area contributed by atoms with E-state index in [1.54, 1.807) is 24.4 Å². The number of nitrogens with zero attached hydrogens (tertiary/aromatic N) is 3. The minimum Gasteiger partial charge on any atom is -0.437 e. The molecule has 6 aromatic rings. The maximum absolute atomic E-state index is 13.2. The zero-order chi connectivity index (χ0) is 25.4. The smallest absolute Gasteiger partial charge is 0.416 e. The molecule has 180 valence electrons. The van der Waals surface area contributed by atoms with Crippen LogP contribution in [0.25, 0.3) is 44.1 Å². The molecule has 4 aromatic carbocycles. The van der Waals surface area contributed by atoms with E-state index in [-0.39, 0.29) is 5.88 Å². The third kappa shape index (κ3) is 4.59. The van der Waals surface area contributed by atoms with E-state index >= 15 is 0 Å². The van der Waals surface area contributed by atoms with Gasteiger partial charge in [-0.05, 0) is 52.7 Å². The lowest BCUT2D eigenvalue weighted by atomic mass is 9.97. The molecule has 6 rings (SSSR count). The van der Waals surface area contributed by atoms with Crippen LogP contribution in [0.15, 0.2) is 109 Å². The highest BCUT2D eigenvalue weighted by molar-refractivity contribution is 5.90. The fourth-order valence-electron chi connectivity index (χ4n) is 4.26. The molecule has 0 spiro atoms. The van der Waals surface area contributed by atoms with Gasteiger partial charge in [0.1, 0.15) is 11.4 Å². The van der Waals surface area contributed by atoms with Crippen molar-refractivity contribution in [1.29, 1.82) is 0 Å². The van der Waals surface area contributed by atoms with Gasteiger partial charge in [-0.3, -0.25) is 4.98 Å². The zero-order valence-electron chi connectivity index (χ0n) is 19.3. The van der Waals surface area contributed by atoms with Crippen LogP contribution in [0.5, 0.6) is 11.6 Å². The summed E-state index contributed by atoms with van der Waals surface area (Å²) in [4.78, 5) is 4.35. The average molecular weight is 493 g/mol. The van der Waals surface area contributed by atoms with Crippen LogP contribution in [-0.4, -0.2) is 15.2 Å². The number of rotatable bonds is 4. The predicted molar refractivity (Wildman–Crippen MR) is 137 cm³/mol. The van der Waals surface area contributed by atoms with Crippen molar-refractivity contribution >= 4 is 21.7 Å². The van der Waals surface area contributed by atoms with Crippen LogP contribution in [0.4, 0.5) is 13.2 Å². The molecule has 0 amide bonds. The summed E-state index contributed by atoms with van der Waals surface area (Å²) in [6.07, 6.45) is -2.72. The molecule has 0 atom stereocenters. The van der Waals surface area contributed by atoms with Crippen molar-refractivity contribution in [2.45, 2.75) is 6.18 Å². The van der Waals surface area contributed by atoms with E-state index in [1.165, 1.54) is 12.1 Å². The van der Waals surface area contributed by atoms with Gasteiger partial charge >= 0.3 is 6.18 Å². The first kappa shape index (κ1) is 22.7. The number of hydrogen-bond acceptors (Lipinski definition) is 4. The molecule has 0 bridgehead atoms. The lowest BCUT2D eigenvalue weighted by molar-refractivity contribution is -0.137. The summed E-state index contributed by atoms with van der Waals surface area (Å²) in [5.41, 5.74) is 2.55. The molecule has 0 aliphatic carbocycles. The number of fused-ring (bicyclic) bond motifs is 2. The van der Waals surface area contributed by atoms with Crippen LogP contribution in [0.3, 0.4) is 0 Å². The summed E-state index contributed by atoms with van der Waals surface area (Å²) in [6, 6.07) is 29.8. The normalized spacial score (nSPS) is 11.6. The zero-order valence-corrected chi connectivity index (χ0v) is 19.3. The van der Waals surface area contributed by atoms with Crippen molar-refractivity contribution in [2.75, 3.05) is 0 Å². The summed E-state index contributed by atoms with van der Waals surface area (Å²) in [7, 11) is 0. The molecule has 0 saturated heterocycles. The van der Waals surface area contributed by atoms with Crippen molar-refractivity contribution < 1.29 is 17.9 Å². The molecular formula is C30H18F3N3O. The molecule has 0 aliphatic rings. The van der Waals surface area contributed by atoms with Crippen molar-refractivity contribution in [3.05, 3.63) is 115 Å². The highest BCUT2D eigenvalue weighted by Crippen LogP contribution is 2.37. The first-order valence-electron chi connectivity index (χ1n) is 11.5. The summed E-state index contributed by atoms with van der Waals surface area (Å²) < 4.78 is 45.5. The number of pyridine rings is 1. The Morgan fingerprint density at radius 1 is 0.622 bits per heavy atom. The topological polar surface area (TPSA) is 47.9 Å². The molecule has 0 unspecified atom stereocenters. The third-order valence-corrected chi connectivity index (χ3v) is 6.12.